The molecule has 0 spiro atoms. The maximum absolute atomic E-state index is 2.53. The molecule has 13 aromatic rings. The molecule has 0 aliphatic heterocycles. The predicted octanol–water partition coefficient (Wildman–Crippen LogP) is 20.3. The van der Waals surface area contributed by atoms with Gasteiger partial charge in [-0.1, -0.05) is 261 Å². The van der Waals surface area contributed by atoms with Crippen LogP contribution in [0.1, 0.15) is 23.6 Å². The first-order valence-electron chi connectivity index (χ1n) is 26.1. The molecule has 1 unspecified atom stereocenters. The van der Waals surface area contributed by atoms with Gasteiger partial charge in [0, 0.05) is 16.7 Å². The molecule has 0 N–H and O–H groups in total. The summed E-state index contributed by atoms with van der Waals surface area (Å²) in [5, 5.41) is 7.47. The lowest BCUT2D eigenvalue weighted by Crippen LogP contribution is -2.25. The molecular formula is C74H51N. The van der Waals surface area contributed by atoms with Crippen molar-refractivity contribution in [2.75, 3.05) is 4.90 Å². The molecule has 1 aliphatic rings. The molecule has 0 aromatic heterocycles. The van der Waals surface area contributed by atoms with E-state index in [1.54, 1.807) is 0 Å². The normalized spacial score (nSPS) is 13.7. The number of hydrogen-bond donors (Lipinski definition) is 0. The quantitative estimate of drug-likeness (QED) is 0.130. The summed E-state index contributed by atoms with van der Waals surface area (Å²) in [6.45, 7) is 2.43. The lowest BCUT2D eigenvalue weighted by molar-refractivity contribution is 0.714. The standard InChI is InChI=1S/C74H51N/c1-74(57-27-9-4-10-28-57)68-36-17-15-32-64(68)66-35-20-38-70(73(66)74)75(58-46-43-51(44-47-58)50-39-41-53(42-40-50)60-34-19-26-52-21-11-12-29-59(52)60)69-37-18-16-30-61(69)56-45-48-63-62-31-13-14-33-65(62)71(54-22-5-2-6-23-54)72(67(63)49-56)55-24-7-3-8-25-55/h2-49H,1H3. The number of fused-ring (bicyclic) bond motifs is 7. The summed E-state index contributed by atoms with van der Waals surface area (Å²) < 4.78 is 0. The third-order valence-corrected chi connectivity index (χ3v) is 15.9. The minimum Gasteiger partial charge on any atom is -0.310 e. The maximum Gasteiger partial charge on any atom is 0.0540 e. The summed E-state index contributed by atoms with van der Waals surface area (Å²) in [6, 6.07) is 107. The van der Waals surface area contributed by atoms with E-state index in [1.165, 1.54) is 105 Å². The van der Waals surface area contributed by atoms with Gasteiger partial charge in [0.2, 0.25) is 0 Å². The van der Waals surface area contributed by atoms with Crippen LogP contribution in [0.5, 0.6) is 0 Å². The third-order valence-electron chi connectivity index (χ3n) is 15.9. The second-order valence-corrected chi connectivity index (χ2v) is 20.0. The van der Waals surface area contributed by atoms with E-state index in [1.807, 2.05) is 0 Å². The van der Waals surface area contributed by atoms with Crippen LogP contribution in [0.15, 0.2) is 291 Å². The van der Waals surface area contributed by atoms with Crippen molar-refractivity contribution in [3.05, 3.63) is 308 Å². The topological polar surface area (TPSA) is 3.24 Å². The van der Waals surface area contributed by atoms with Crippen LogP contribution in [-0.2, 0) is 5.41 Å². The number of nitrogens with zero attached hydrogens (tertiary/aromatic N) is 1. The average molecular weight is 954 g/mol. The van der Waals surface area contributed by atoms with Crippen LogP contribution in [-0.4, -0.2) is 0 Å². The minimum absolute atomic E-state index is 0.439. The molecule has 1 nitrogen and oxygen atoms in total. The molecule has 1 heteroatoms. The summed E-state index contributed by atoms with van der Waals surface area (Å²) in [7, 11) is 0. The number of hydrogen-bond acceptors (Lipinski definition) is 1. The van der Waals surface area contributed by atoms with Crippen LogP contribution in [0.3, 0.4) is 0 Å². The SMILES string of the molecule is CC1(c2ccccc2)c2ccccc2-c2cccc(N(c3ccc(-c4ccc(-c5cccc6ccccc56)cc4)cc3)c3ccccc3-c3ccc4c(c3)c(-c3ccccc3)c(-c3ccccc3)c3ccccc34)c21. The van der Waals surface area contributed by atoms with Gasteiger partial charge in [-0.2, -0.15) is 0 Å². The molecular weight excluding hydrogens is 903 g/mol. The van der Waals surface area contributed by atoms with Gasteiger partial charge in [0.15, 0.2) is 0 Å². The number of anilines is 3. The fourth-order valence-corrected chi connectivity index (χ4v) is 12.4. The lowest BCUT2D eigenvalue weighted by Gasteiger charge is -2.35. The van der Waals surface area contributed by atoms with Crippen LogP contribution in [0.2, 0.25) is 0 Å². The van der Waals surface area contributed by atoms with Crippen molar-refractivity contribution in [1.29, 1.82) is 0 Å². The van der Waals surface area contributed by atoms with Crippen LogP contribution >= 0.6 is 0 Å². The molecule has 352 valence electrons. The summed E-state index contributed by atoms with van der Waals surface area (Å²) in [5.41, 5.74) is 21.3. The first-order chi connectivity index (χ1) is 37.1. The summed E-state index contributed by atoms with van der Waals surface area (Å²) in [5.74, 6) is 0. The molecule has 1 aliphatic carbocycles. The van der Waals surface area contributed by atoms with E-state index in [-0.39, 0.29) is 0 Å². The van der Waals surface area contributed by atoms with Crippen LogP contribution < -0.4 is 4.90 Å². The zero-order valence-electron chi connectivity index (χ0n) is 41.7. The highest BCUT2D eigenvalue weighted by Gasteiger charge is 2.43. The lowest BCUT2D eigenvalue weighted by atomic mass is 9.73. The zero-order chi connectivity index (χ0) is 49.9. The van der Waals surface area contributed by atoms with Gasteiger partial charge in [-0.3, -0.25) is 0 Å². The van der Waals surface area contributed by atoms with Crippen molar-refractivity contribution < 1.29 is 0 Å². The molecule has 75 heavy (non-hydrogen) atoms. The van der Waals surface area contributed by atoms with E-state index in [0.717, 1.165) is 28.2 Å². The Morgan fingerprint density at radius 2 is 0.760 bits per heavy atom. The molecule has 0 saturated carbocycles. The fourth-order valence-electron chi connectivity index (χ4n) is 12.4. The number of benzene rings is 13. The minimum atomic E-state index is -0.439. The molecule has 0 fully saturated rings. The van der Waals surface area contributed by atoms with Crippen LogP contribution in [0, 0.1) is 0 Å². The molecule has 14 rings (SSSR count). The van der Waals surface area contributed by atoms with Crippen molar-refractivity contribution in [3.8, 4) is 66.8 Å². The second kappa shape index (κ2) is 18.2. The summed E-state index contributed by atoms with van der Waals surface area (Å²) in [6.07, 6.45) is 0. The molecule has 13 aromatic carbocycles. The highest BCUT2D eigenvalue weighted by molar-refractivity contribution is 6.22. The smallest absolute Gasteiger partial charge is 0.0540 e. The van der Waals surface area contributed by atoms with Crippen molar-refractivity contribution in [1.82, 2.24) is 0 Å². The van der Waals surface area contributed by atoms with E-state index in [0.29, 0.717) is 0 Å². The van der Waals surface area contributed by atoms with E-state index in [9.17, 15) is 0 Å². The van der Waals surface area contributed by atoms with Gasteiger partial charge in [-0.25, -0.2) is 0 Å². The Kier molecular flexibility index (Phi) is 10.7. The van der Waals surface area contributed by atoms with Gasteiger partial charge in [0.25, 0.3) is 0 Å². The highest BCUT2D eigenvalue weighted by Crippen LogP contribution is 2.58. The fraction of sp³-hybridized carbons (Fsp3) is 0.0270. The Balaban J connectivity index is 0.978. The Morgan fingerprint density at radius 1 is 0.280 bits per heavy atom. The van der Waals surface area contributed by atoms with Gasteiger partial charge < -0.3 is 4.90 Å². The van der Waals surface area contributed by atoms with Gasteiger partial charge in [0.05, 0.1) is 11.4 Å². The summed E-state index contributed by atoms with van der Waals surface area (Å²) >= 11 is 0. The van der Waals surface area contributed by atoms with Gasteiger partial charge in [0.1, 0.15) is 0 Å². The van der Waals surface area contributed by atoms with Gasteiger partial charge in [-0.05, 0) is 147 Å². The Bertz CT molecular complexity index is 4270. The van der Waals surface area contributed by atoms with E-state index >= 15 is 0 Å². The first-order valence-corrected chi connectivity index (χ1v) is 26.1. The first kappa shape index (κ1) is 44.2. The number of para-hydroxylation sites is 1. The van der Waals surface area contributed by atoms with E-state index in [4.69, 9.17) is 0 Å². The van der Waals surface area contributed by atoms with Gasteiger partial charge >= 0.3 is 0 Å². The van der Waals surface area contributed by atoms with Crippen LogP contribution in [0.4, 0.5) is 17.1 Å². The van der Waals surface area contributed by atoms with E-state index < -0.39 is 5.41 Å². The zero-order valence-corrected chi connectivity index (χ0v) is 41.7. The van der Waals surface area contributed by atoms with E-state index in [2.05, 4.69) is 303 Å². The Morgan fingerprint density at radius 3 is 1.49 bits per heavy atom. The molecule has 0 saturated heterocycles. The number of rotatable bonds is 9. The maximum atomic E-state index is 2.53. The van der Waals surface area contributed by atoms with Crippen LogP contribution in [0.25, 0.3) is 99.1 Å². The van der Waals surface area contributed by atoms with Crippen molar-refractivity contribution in [3.63, 3.8) is 0 Å². The molecule has 0 amide bonds. The van der Waals surface area contributed by atoms with Gasteiger partial charge in [-0.15, -0.1) is 0 Å². The monoisotopic (exact) mass is 953 g/mol. The van der Waals surface area contributed by atoms with Crippen molar-refractivity contribution in [2.24, 2.45) is 0 Å². The molecule has 0 heterocycles. The third kappa shape index (κ3) is 7.31. The Hall–Kier alpha value is -9.56. The van der Waals surface area contributed by atoms with Crippen molar-refractivity contribution >= 4 is 49.4 Å². The second-order valence-electron chi connectivity index (χ2n) is 20.0. The molecule has 1 atom stereocenters. The predicted molar refractivity (Wildman–Crippen MR) is 318 cm³/mol. The molecule has 0 radical (unpaired) electrons. The molecule has 0 bridgehead atoms. The summed E-state index contributed by atoms with van der Waals surface area (Å²) in [4.78, 5) is 2.53. The average Bonchev–Trinajstić information content (AvgIpc) is 3.80. The highest BCUT2D eigenvalue weighted by atomic mass is 15.1. The Labute approximate surface area is 438 Å². The van der Waals surface area contributed by atoms with Crippen molar-refractivity contribution in [2.45, 2.75) is 12.3 Å². The largest absolute Gasteiger partial charge is 0.310 e.